The predicted octanol–water partition coefficient (Wildman–Crippen LogP) is 4.86. The molecule has 0 aliphatic carbocycles. The van der Waals surface area contributed by atoms with Crippen LogP contribution in [0.4, 0.5) is 0 Å². The van der Waals surface area contributed by atoms with E-state index >= 15 is 0 Å². The third-order valence-corrected chi connectivity index (χ3v) is 6.82. The van der Waals surface area contributed by atoms with E-state index in [0.717, 1.165) is 49.9 Å². The number of hydrogen-bond donors (Lipinski definition) is 1. The second-order valence-electron chi connectivity index (χ2n) is 9.26. The minimum absolute atomic E-state index is 0.159. The number of amides is 1. The molecule has 1 amide bonds. The number of piperazine rings is 1. The fourth-order valence-corrected chi connectivity index (χ4v) is 4.62. The van der Waals surface area contributed by atoms with Crippen molar-refractivity contribution in [2.45, 2.75) is 46.2 Å². The van der Waals surface area contributed by atoms with Gasteiger partial charge in [0.15, 0.2) is 10.6 Å². The number of ether oxygens (including phenoxy) is 1. The van der Waals surface area contributed by atoms with Gasteiger partial charge in [-0.25, -0.2) is 0 Å². The number of benzene rings is 2. The third-order valence-electron chi connectivity index (χ3n) is 6.51. The highest BCUT2D eigenvalue weighted by molar-refractivity contribution is 7.71. The molecule has 0 saturated carbocycles. The van der Waals surface area contributed by atoms with Crippen LogP contribution in [0.25, 0.3) is 11.4 Å². The maximum atomic E-state index is 12.9. The Balaban J connectivity index is 1.29. The predicted molar refractivity (Wildman–Crippen MR) is 141 cm³/mol. The zero-order valence-electron chi connectivity index (χ0n) is 20.9. The van der Waals surface area contributed by atoms with Crippen LogP contribution >= 0.6 is 12.2 Å². The molecule has 1 fully saturated rings. The van der Waals surface area contributed by atoms with Crippen molar-refractivity contribution in [2.24, 2.45) is 0 Å². The van der Waals surface area contributed by atoms with E-state index in [1.54, 1.807) is 0 Å². The first-order chi connectivity index (χ1) is 16.9. The highest BCUT2D eigenvalue weighted by Crippen LogP contribution is 2.22. The smallest absolute Gasteiger partial charge is 0.224 e. The van der Waals surface area contributed by atoms with Gasteiger partial charge >= 0.3 is 0 Å². The lowest BCUT2D eigenvalue weighted by molar-refractivity contribution is -0.133. The number of carbonyl (C=O) groups is 1. The van der Waals surface area contributed by atoms with Gasteiger partial charge in [-0.3, -0.25) is 19.4 Å². The Morgan fingerprint density at radius 3 is 2.37 bits per heavy atom. The number of aromatic amines is 1. The molecule has 3 aromatic rings. The molecule has 35 heavy (non-hydrogen) atoms. The monoisotopic (exact) mass is 493 g/mol. The van der Waals surface area contributed by atoms with Gasteiger partial charge < -0.3 is 9.64 Å². The highest BCUT2D eigenvalue weighted by Gasteiger charge is 2.21. The largest absolute Gasteiger partial charge is 0.494 e. The second kappa shape index (κ2) is 11.6. The maximum absolute atomic E-state index is 12.9. The van der Waals surface area contributed by atoms with E-state index in [9.17, 15) is 4.79 Å². The van der Waals surface area contributed by atoms with Crippen molar-refractivity contribution in [2.75, 3.05) is 32.8 Å². The highest BCUT2D eigenvalue weighted by atomic mass is 32.1. The number of nitrogens with zero attached hydrogens (tertiary/aromatic N) is 4. The summed E-state index contributed by atoms with van der Waals surface area (Å²) in [7, 11) is 0. The van der Waals surface area contributed by atoms with Crippen molar-refractivity contribution in [1.82, 2.24) is 24.6 Å². The number of aromatic nitrogens is 3. The summed E-state index contributed by atoms with van der Waals surface area (Å²) >= 11 is 5.44. The Kier molecular flexibility index (Phi) is 8.36. The summed E-state index contributed by atoms with van der Waals surface area (Å²) in [4.78, 5) is 17.3. The Bertz CT molecular complexity index is 1160. The SMILES string of the molecule is CCOc1ccc(-c2n[nH]c(=S)n2CCC(=O)N2CCN(Cc3ccc(C(C)C)cc3)CC2)cc1. The molecule has 1 aliphatic rings. The molecular weight excluding hydrogens is 458 g/mol. The molecule has 186 valence electrons. The van der Waals surface area contributed by atoms with Crippen LogP contribution in [-0.4, -0.2) is 63.3 Å². The molecule has 4 rings (SSSR count). The van der Waals surface area contributed by atoms with Crippen LogP contribution in [0.15, 0.2) is 48.5 Å². The van der Waals surface area contributed by atoms with Gasteiger partial charge in [0, 0.05) is 51.3 Å². The minimum Gasteiger partial charge on any atom is -0.494 e. The molecular formula is C27H35N5O2S. The van der Waals surface area contributed by atoms with Gasteiger partial charge in [-0.2, -0.15) is 5.10 Å². The van der Waals surface area contributed by atoms with Gasteiger partial charge in [0.25, 0.3) is 0 Å². The Morgan fingerprint density at radius 2 is 1.74 bits per heavy atom. The van der Waals surface area contributed by atoms with E-state index in [1.165, 1.54) is 11.1 Å². The van der Waals surface area contributed by atoms with Gasteiger partial charge in [-0.05, 0) is 60.5 Å². The summed E-state index contributed by atoms with van der Waals surface area (Å²) < 4.78 is 7.95. The van der Waals surface area contributed by atoms with Crippen LogP contribution in [0.1, 0.15) is 44.2 Å². The Labute approximate surface area is 212 Å². The number of hydrogen-bond acceptors (Lipinski definition) is 5. The van der Waals surface area contributed by atoms with Gasteiger partial charge in [0.05, 0.1) is 6.61 Å². The fourth-order valence-electron chi connectivity index (χ4n) is 4.40. The molecule has 2 heterocycles. The summed E-state index contributed by atoms with van der Waals surface area (Å²) in [6.07, 6.45) is 0.397. The van der Waals surface area contributed by atoms with Crippen LogP contribution in [0, 0.1) is 4.77 Å². The molecule has 0 spiro atoms. The number of H-pyrrole nitrogens is 1. The summed E-state index contributed by atoms with van der Waals surface area (Å²) in [5.41, 5.74) is 3.63. The van der Waals surface area contributed by atoms with Crippen LogP contribution < -0.4 is 4.74 Å². The van der Waals surface area contributed by atoms with Crippen molar-refractivity contribution >= 4 is 18.1 Å². The van der Waals surface area contributed by atoms with Crippen LogP contribution in [0.5, 0.6) is 5.75 Å². The van der Waals surface area contributed by atoms with E-state index in [-0.39, 0.29) is 5.91 Å². The summed E-state index contributed by atoms with van der Waals surface area (Å²) in [6.45, 7) is 11.7. The summed E-state index contributed by atoms with van der Waals surface area (Å²) in [5.74, 6) is 2.26. The first kappa shape index (κ1) is 25.1. The lowest BCUT2D eigenvalue weighted by atomic mass is 10.0. The molecule has 2 aromatic carbocycles. The molecule has 8 heteroatoms. The van der Waals surface area contributed by atoms with Crippen LogP contribution in [0.2, 0.25) is 0 Å². The molecule has 0 bridgehead atoms. The maximum Gasteiger partial charge on any atom is 0.224 e. The van der Waals surface area contributed by atoms with Gasteiger partial charge in [-0.1, -0.05) is 38.1 Å². The van der Waals surface area contributed by atoms with Crippen LogP contribution in [0.3, 0.4) is 0 Å². The van der Waals surface area contributed by atoms with E-state index in [2.05, 4.69) is 53.2 Å². The van der Waals surface area contributed by atoms with E-state index < -0.39 is 0 Å². The average molecular weight is 494 g/mol. The van der Waals surface area contributed by atoms with Crippen molar-refractivity contribution in [1.29, 1.82) is 0 Å². The molecule has 1 N–H and O–H groups in total. The second-order valence-corrected chi connectivity index (χ2v) is 9.65. The number of rotatable bonds is 9. The zero-order valence-corrected chi connectivity index (χ0v) is 21.7. The molecule has 1 aromatic heterocycles. The zero-order chi connectivity index (χ0) is 24.8. The first-order valence-corrected chi connectivity index (χ1v) is 12.8. The lowest BCUT2D eigenvalue weighted by Crippen LogP contribution is -2.48. The van der Waals surface area contributed by atoms with Crippen LogP contribution in [-0.2, 0) is 17.9 Å². The number of carbonyl (C=O) groups excluding carboxylic acids is 1. The first-order valence-electron chi connectivity index (χ1n) is 12.4. The van der Waals surface area contributed by atoms with Gasteiger partial charge in [0.2, 0.25) is 5.91 Å². The standard InChI is InChI=1S/C27H35N5O2S/c1-4-34-24-11-9-23(10-12-24)26-28-29-27(35)32(26)14-13-25(33)31-17-15-30(16-18-31)19-21-5-7-22(8-6-21)20(2)3/h5-12,20H,4,13-19H2,1-3H3,(H,29,35). The van der Waals surface area contributed by atoms with Crippen molar-refractivity contribution in [3.05, 3.63) is 64.4 Å². The fraction of sp³-hybridized carbons (Fsp3) is 0.444. The number of nitrogens with one attached hydrogen (secondary N) is 1. The topological polar surface area (TPSA) is 66.4 Å². The normalized spacial score (nSPS) is 14.5. The van der Waals surface area contributed by atoms with E-state index in [4.69, 9.17) is 17.0 Å². The summed E-state index contributed by atoms with van der Waals surface area (Å²) in [5, 5.41) is 7.26. The third kappa shape index (κ3) is 6.38. The lowest BCUT2D eigenvalue weighted by Gasteiger charge is -2.35. The van der Waals surface area contributed by atoms with E-state index in [0.29, 0.717) is 30.3 Å². The van der Waals surface area contributed by atoms with E-state index in [1.807, 2.05) is 40.7 Å². The Hall–Kier alpha value is -2.97. The molecule has 0 atom stereocenters. The molecule has 1 saturated heterocycles. The van der Waals surface area contributed by atoms with Crippen molar-refractivity contribution in [3.8, 4) is 17.1 Å². The molecule has 7 nitrogen and oxygen atoms in total. The quantitative estimate of drug-likeness (QED) is 0.431. The van der Waals surface area contributed by atoms with Crippen molar-refractivity contribution < 1.29 is 9.53 Å². The van der Waals surface area contributed by atoms with Gasteiger partial charge in [0.1, 0.15) is 5.75 Å². The molecule has 1 aliphatic heterocycles. The van der Waals surface area contributed by atoms with Crippen molar-refractivity contribution in [3.63, 3.8) is 0 Å². The summed E-state index contributed by atoms with van der Waals surface area (Å²) in [6, 6.07) is 16.7. The Morgan fingerprint density at radius 1 is 1.06 bits per heavy atom. The minimum atomic E-state index is 0.159. The van der Waals surface area contributed by atoms with Gasteiger partial charge in [-0.15, -0.1) is 0 Å². The molecule has 0 radical (unpaired) electrons. The average Bonchev–Trinajstić information content (AvgIpc) is 3.24. The molecule has 0 unspecified atom stereocenters.